The van der Waals surface area contributed by atoms with Crippen LogP contribution in [0.5, 0.6) is 5.75 Å². The number of rotatable bonds is 20. The van der Waals surface area contributed by atoms with E-state index >= 15 is 0 Å². The molecule has 0 aromatic heterocycles. The Morgan fingerprint density at radius 2 is 0.844 bits per heavy atom. The van der Waals surface area contributed by atoms with Gasteiger partial charge in [0.25, 0.3) is 0 Å². The van der Waals surface area contributed by atoms with Crippen molar-refractivity contribution in [3.8, 4) is 5.75 Å². The van der Waals surface area contributed by atoms with Gasteiger partial charge in [0, 0.05) is 0 Å². The zero-order chi connectivity index (χ0) is 23.7. The fourth-order valence-electron chi connectivity index (χ4n) is 3.98. The van der Waals surface area contributed by atoms with Gasteiger partial charge in [0.15, 0.2) is 0 Å². The average Bonchev–Trinajstić information content (AvgIpc) is 2.79. The summed E-state index contributed by atoms with van der Waals surface area (Å²) in [4.78, 5) is 10.3. The van der Waals surface area contributed by atoms with Crippen molar-refractivity contribution >= 4 is 5.97 Å². The van der Waals surface area contributed by atoms with Crippen LogP contribution in [-0.4, -0.2) is 16.2 Å². The van der Waals surface area contributed by atoms with Gasteiger partial charge in [-0.1, -0.05) is 154 Å². The lowest BCUT2D eigenvalue weighted by Crippen LogP contribution is -1.95. The second-order valence-electron chi connectivity index (χ2n) is 9.19. The Hall–Kier alpha value is -1.51. The van der Waals surface area contributed by atoms with Gasteiger partial charge in [-0.15, -0.1) is 0 Å². The quantitative estimate of drug-likeness (QED) is 0.195. The molecule has 0 unspecified atom stereocenters. The number of unbranched alkanes of at least 4 members (excludes halogenated alkanes) is 19. The van der Waals surface area contributed by atoms with Gasteiger partial charge >= 0.3 is 5.97 Å². The molecule has 186 valence electrons. The summed E-state index contributed by atoms with van der Waals surface area (Å²) in [6.07, 6.45) is 29.4. The molecule has 1 rings (SSSR count). The molecule has 0 radical (unpaired) electrons. The highest BCUT2D eigenvalue weighted by molar-refractivity contribution is 5.90. The van der Waals surface area contributed by atoms with Gasteiger partial charge in [0.1, 0.15) is 11.3 Å². The summed E-state index contributed by atoms with van der Waals surface area (Å²) < 4.78 is 0. The van der Waals surface area contributed by atoms with Gasteiger partial charge in [-0.25, -0.2) is 4.79 Å². The summed E-state index contributed by atoms with van der Waals surface area (Å²) in [5, 5.41) is 17.3. The SMILES string of the molecule is CCCCCCCCCCCCCCCCCCCCCC.O=C(O)c1ccccc1O. The van der Waals surface area contributed by atoms with Crippen LogP contribution in [0.1, 0.15) is 153 Å². The third kappa shape index (κ3) is 20.4. The van der Waals surface area contributed by atoms with E-state index in [1.54, 1.807) is 12.1 Å². The molecule has 1 aromatic rings. The minimum atomic E-state index is -1.11. The van der Waals surface area contributed by atoms with E-state index in [-0.39, 0.29) is 11.3 Å². The molecule has 0 heterocycles. The predicted molar refractivity (Wildman–Crippen MR) is 139 cm³/mol. The monoisotopic (exact) mass is 448 g/mol. The molecule has 2 N–H and O–H groups in total. The Labute approximate surface area is 199 Å². The van der Waals surface area contributed by atoms with Gasteiger partial charge in [-0.2, -0.15) is 0 Å². The summed E-state index contributed by atoms with van der Waals surface area (Å²) in [5.41, 5.74) is -0.0671. The molecule has 0 amide bonds. The van der Waals surface area contributed by atoms with Crippen LogP contribution in [0, 0.1) is 0 Å². The second-order valence-corrected chi connectivity index (χ2v) is 9.19. The minimum Gasteiger partial charge on any atom is -0.507 e. The average molecular weight is 449 g/mol. The van der Waals surface area contributed by atoms with E-state index in [4.69, 9.17) is 10.2 Å². The number of aromatic carboxylic acids is 1. The lowest BCUT2D eigenvalue weighted by atomic mass is 10.0. The van der Waals surface area contributed by atoms with E-state index < -0.39 is 5.97 Å². The van der Waals surface area contributed by atoms with Crippen LogP contribution in [0.25, 0.3) is 0 Å². The zero-order valence-corrected chi connectivity index (χ0v) is 21.3. The molecule has 0 fully saturated rings. The third-order valence-corrected chi connectivity index (χ3v) is 6.09. The molecule has 0 aliphatic carbocycles. The summed E-state index contributed by atoms with van der Waals surface area (Å²) >= 11 is 0. The molecular weight excluding hydrogens is 396 g/mol. The molecule has 3 nitrogen and oxygen atoms in total. The van der Waals surface area contributed by atoms with Crippen molar-refractivity contribution in [2.24, 2.45) is 0 Å². The van der Waals surface area contributed by atoms with Crippen molar-refractivity contribution in [1.29, 1.82) is 0 Å². The Kier molecular flexibility index (Phi) is 23.0. The highest BCUT2D eigenvalue weighted by Gasteiger charge is 2.05. The van der Waals surface area contributed by atoms with Crippen LogP contribution in [0.15, 0.2) is 24.3 Å². The van der Waals surface area contributed by atoms with Crippen LogP contribution in [0.3, 0.4) is 0 Å². The number of benzene rings is 1. The van der Waals surface area contributed by atoms with Crippen molar-refractivity contribution in [3.05, 3.63) is 29.8 Å². The van der Waals surface area contributed by atoms with Crippen LogP contribution < -0.4 is 0 Å². The fourth-order valence-corrected chi connectivity index (χ4v) is 3.98. The lowest BCUT2D eigenvalue weighted by molar-refractivity contribution is 0.0693. The molecule has 0 spiro atoms. The van der Waals surface area contributed by atoms with Crippen LogP contribution in [0.4, 0.5) is 0 Å². The minimum absolute atomic E-state index is 0.0671. The number of aromatic hydroxyl groups is 1. The van der Waals surface area contributed by atoms with E-state index in [1.165, 1.54) is 141 Å². The third-order valence-electron chi connectivity index (χ3n) is 6.09. The maximum atomic E-state index is 10.3. The Balaban J connectivity index is 0.000000792. The van der Waals surface area contributed by atoms with Crippen molar-refractivity contribution < 1.29 is 15.0 Å². The summed E-state index contributed by atoms with van der Waals surface area (Å²) in [6, 6.07) is 5.81. The first kappa shape index (κ1) is 30.5. The largest absolute Gasteiger partial charge is 0.507 e. The first-order chi connectivity index (χ1) is 15.6. The number of hydrogen-bond acceptors (Lipinski definition) is 2. The Morgan fingerprint density at radius 3 is 1.06 bits per heavy atom. The topological polar surface area (TPSA) is 57.5 Å². The number of phenols is 1. The van der Waals surface area contributed by atoms with Gasteiger partial charge in [-0.3, -0.25) is 0 Å². The number of hydrogen-bond donors (Lipinski definition) is 2. The standard InChI is InChI=1S/C22H46.C7H6O3/c1-3-5-7-9-11-13-15-17-19-21-22-20-18-16-14-12-10-8-6-4-2;8-6-4-2-1-3-5(6)7(9)10/h3-22H2,1-2H3;1-4,8H,(H,9,10). The molecule has 0 saturated carbocycles. The first-order valence-corrected chi connectivity index (χ1v) is 13.6. The van der Waals surface area contributed by atoms with Crippen LogP contribution >= 0.6 is 0 Å². The molecule has 0 atom stereocenters. The maximum Gasteiger partial charge on any atom is 0.339 e. The molecule has 0 saturated heterocycles. The smallest absolute Gasteiger partial charge is 0.339 e. The molecule has 32 heavy (non-hydrogen) atoms. The molecule has 0 aliphatic rings. The van der Waals surface area contributed by atoms with Crippen molar-refractivity contribution in [3.63, 3.8) is 0 Å². The van der Waals surface area contributed by atoms with Crippen molar-refractivity contribution in [2.75, 3.05) is 0 Å². The number of carboxylic acids is 1. The fraction of sp³-hybridized carbons (Fsp3) is 0.759. The molecule has 3 heteroatoms. The Bertz CT molecular complexity index is 507. The molecular formula is C29H52O3. The highest BCUT2D eigenvalue weighted by Crippen LogP contribution is 2.15. The predicted octanol–water partition coefficient (Wildman–Crippen LogP) is 9.92. The van der Waals surface area contributed by atoms with Gasteiger partial charge in [0.2, 0.25) is 0 Å². The number of para-hydroxylation sites is 1. The van der Waals surface area contributed by atoms with Gasteiger partial charge < -0.3 is 10.2 Å². The van der Waals surface area contributed by atoms with Crippen molar-refractivity contribution in [1.82, 2.24) is 0 Å². The maximum absolute atomic E-state index is 10.3. The Morgan fingerprint density at radius 1 is 0.562 bits per heavy atom. The van der Waals surface area contributed by atoms with E-state index in [0.717, 1.165) is 0 Å². The van der Waals surface area contributed by atoms with E-state index in [0.29, 0.717) is 0 Å². The van der Waals surface area contributed by atoms with Crippen LogP contribution in [-0.2, 0) is 0 Å². The highest BCUT2D eigenvalue weighted by atomic mass is 16.4. The number of carbonyl (C=O) groups is 1. The van der Waals surface area contributed by atoms with Gasteiger partial charge in [0.05, 0.1) is 0 Å². The van der Waals surface area contributed by atoms with E-state index in [2.05, 4.69) is 13.8 Å². The van der Waals surface area contributed by atoms with E-state index in [1.807, 2.05) is 0 Å². The summed E-state index contributed by atoms with van der Waals surface area (Å²) in [6.45, 7) is 4.60. The molecule has 0 aliphatic heterocycles. The van der Waals surface area contributed by atoms with Crippen molar-refractivity contribution in [2.45, 2.75) is 142 Å². The summed E-state index contributed by atoms with van der Waals surface area (Å²) in [7, 11) is 0. The van der Waals surface area contributed by atoms with Gasteiger partial charge in [-0.05, 0) is 12.1 Å². The molecule has 1 aromatic carbocycles. The second kappa shape index (κ2) is 24.1. The zero-order valence-electron chi connectivity index (χ0n) is 21.3. The molecule has 0 bridgehead atoms. The van der Waals surface area contributed by atoms with Crippen LogP contribution in [0.2, 0.25) is 0 Å². The summed E-state index contributed by atoms with van der Waals surface area (Å²) in [5.74, 6) is -1.31. The lowest BCUT2D eigenvalue weighted by Gasteiger charge is -2.03. The van der Waals surface area contributed by atoms with E-state index in [9.17, 15) is 4.79 Å². The number of carboxylic acid groups (broad SMARTS) is 1. The normalized spacial score (nSPS) is 10.6. The first-order valence-electron chi connectivity index (χ1n) is 13.6.